The van der Waals surface area contributed by atoms with Gasteiger partial charge in [0.2, 0.25) is 0 Å². The van der Waals surface area contributed by atoms with Crippen molar-refractivity contribution in [1.29, 1.82) is 0 Å². The van der Waals surface area contributed by atoms with E-state index in [-0.39, 0.29) is 5.41 Å². The van der Waals surface area contributed by atoms with E-state index in [1.54, 1.807) is 0 Å². The van der Waals surface area contributed by atoms with Gasteiger partial charge in [-0.25, -0.2) is 4.98 Å². The Kier molecular flexibility index (Phi) is 4.24. The molecular weight excluding hydrogens is 268 g/mol. The summed E-state index contributed by atoms with van der Waals surface area (Å²) in [4.78, 5) is 4.84. The van der Waals surface area contributed by atoms with Crippen molar-refractivity contribution in [2.75, 3.05) is 11.9 Å². The molecule has 2 aromatic rings. The molecule has 0 amide bonds. The molecule has 1 aromatic carbocycles. The molecule has 1 heterocycles. The second-order valence-electron chi connectivity index (χ2n) is 6.31. The van der Waals surface area contributed by atoms with Gasteiger partial charge in [0.05, 0.1) is 5.52 Å². The van der Waals surface area contributed by atoms with E-state index in [4.69, 9.17) is 16.6 Å². The van der Waals surface area contributed by atoms with Crippen LogP contribution in [0.3, 0.4) is 0 Å². The number of halogens is 1. The minimum Gasteiger partial charge on any atom is -0.370 e. The highest BCUT2D eigenvalue weighted by Gasteiger charge is 2.20. The molecule has 3 heteroatoms. The van der Waals surface area contributed by atoms with Crippen LogP contribution in [0, 0.1) is 6.92 Å². The van der Waals surface area contributed by atoms with Gasteiger partial charge < -0.3 is 5.32 Å². The fraction of sp³-hybridized carbons (Fsp3) is 0.471. The quantitative estimate of drug-likeness (QED) is 0.828. The first-order chi connectivity index (χ1) is 9.34. The van der Waals surface area contributed by atoms with Crippen molar-refractivity contribution in [3.63, 3.8) is 0 Å². The molecule has 0 aliphatic rings. The molecule has 0 aliphatic carbocycles. The van der Waals surface area contributed by atoms with Crippen LogP contribution >= 0.6 is 11.6 Å². The lowest BCUT2D eigenvalue weighted by atomic mass is 9.86. The summed E-state index contributed by atoms with van der Waals surface area (Å²) in [6.07, 6.45) is 1.08. The van der Waals surface area contributed by atoms with E-state index in [2.05, 4.69) is 45.1 Å². The predicted octanol–water partition coefficient (Wildman–Crippen LogP) is 5.32. The minimum atomic E-state index is 0.0603. The molecule has 0 saturated carbocycles. The summed E-state index contributed by atoms with van der Waals surface area (Å²) in [7, 11) is 0. The zero-order valence-corrected chi connectivity index (χ0v) is 13.7. The van der Waals surface area contributed by atoms with Gasteiger partial charge >= 0.3 is 0 Å². The highest BCUT2D eigenvalue weighted by atomic mass is 35.5. The number of fused-ring (bicyclic) bond motifs is 1. The van der Waals surface area contributed by atoms with E-state index in [0.717, 1.165) is 40.3 Å². The first-order valence-corrected chi connectivity index (χ1v) is 7.56. The summed E-state index contributed by atoms with van der Waals surface area (Å²) >= 11 is 6.21. The van der Waals surface area contributed by atoms with E-state index in [1.165, 1.54) is 5.56 Å². The average Bonchev–Trinajstić information content (AvgIpc) is 2.39. The first kappa shape index (κ1) is 15.1. The number of hydrogen-bond acceptors (Lipinski definition) is 2. The highest BCUT2D eigenvalue weighted by Crippen LogP contribution is 2.33. The molecule has 0 radical (unpaired) electrons. The third-order valence-electron chi connectivity index (χ3n) is 3.53. The van der Waals surface area contributed by atoms with Gasteiger partial charge in [0.25, 0.3) is 0 Å². The van der Waals surface area contributed by atoms with Crippen molar-refractivity contribution in [3.8, 4) is 0 Å². The summed E-state index contributed by atoms with van der Waals surface area (Å²) in [5.41, 5.74) is 3.35. The number of rotatable bonds is 3. The topological polar surface area (TPSA) is 24.9 Å². The average molecular weight is 291 g/mol. The van der Waals surface area contributed by atoms with Crippen molar-refractivity contribution < 1.29 is 0 Å². The molecule has 0 fully saturated rings. The Morgan fingerprint density at radius 2 is 1.95 bits per heavy atom. The summed E-state index contributed by atoms with van der Waals surface area (Å²) in [5.74, 6) is 0.984. The minimum absolute atomic E-state index is 0.0603. The van der Waals surface area contributed by atoms with Crippen LogP contribution in [0.15, 0.2) is 18.2 Å². The number of nitrogens with zero attached hydrogens (tertiary/aromatic N) is 1. The van der Waals surface area contributed by atoms with E-state index in [1.807, 2.05) is 13.0 Å². The molecule has 2 rings (SSSR count). The van der Waals surface area contributed by atoms with Gasteiger partial charge in [0.1, 0.15) is 5.82 Å². The Morgan fingerprint density at radius 1 is 1.25 bits per heavy atom. The number of anilines is 1. The van der Waals surface area contributed by atoms with Crippen LogP contribution < -0.4 is 5.32 Å². The fourth-order valence-corrected chi connectivity index (χ4v) is 2.46. The number of pyridine rings is 1. The lowest BCUT2D eigenvalue weighted by Crippen LogP contribution is -2.16. The zero-order valence-electron chi connectivity index (χ0n) is 13.0. The maximum Gasteiger partial charge on any atom is 0.130 e. The number of benzene rings is 1. The van der Waals surface area contributed by atoms with Crippen molar-refractivity contribution in [3.05, 3.63) is 34.3 Å². The summed E-state index contributed by atoms with van der Waals surface area (Å²) in [5, 5.41) is 5.38. The maximum atomic E-state index is 6.21. The van der Waals surface area contributed by atoms with Crippen LogP contribution in [0.25, 0.3) is 10.9 Å². The van der Waals surface area contributed by atoms with Crippen LogP contribution in [-0.4, -0.2) is 11.5 Å². The van der Waals surface area contributed by atoms with Crippen molar-refractivity contribution in [1.82, 2.24) is 4.98 Å². The molecule has 20 heavy (non-hydrogen) atoms. The van der Waals surface area contributed by atoms with Crippen molar-refractivity contribution in [2.24, 2.45) is 0 Å². The molecule has 0 atom stereocenters. The fourth-order valence-electron chi connectivity index (χ4n) is 2.31. The number of aryl methyl sites for hydroxylation is 1. The normalized spacial score (nSPS) is 11.9. The van der Waals surface area contributed by atoms with Gasteiger partial charge in [-0.15, -0.1) is 0 Å². The van der Waals surface area contributed by atoms with Crippen LogP contribution in [0.4, 0.5) is 5.82 Å². The summed E-state index contributed by atoms with van der Waals surface area (Å²) < 4.78 is 0. The maximum absolute atomic E-state index is 6.21. The largest absolute Gasteiger partial charge is 0.370 e. The molecule has 1 aromatic heterocycles. The van der Waals surface area contributed by atoms with Crippen molar-refractivity contribution >= 4 is 28.3 Å². The van der Waals surface area contributed by atoms with Crippen LogP contribution in [0.2, 0.25) is 5.02 Å². The van der Waals surface area contributed by atoms with Crippen LogP contribution in [0.1, 0.15) is 45.2 Å². The molecule has 0 aliphatic heterocycles. The number of aromatic nitrogens is 1. The lowest BCUT2D eigenvalue weighted by molar-refractivity contribution is 0.590. The van der Waals surface area contributed by atoms with E-state index in [9.17, 15) is 0 Å². The Hall–Kier alpha value is -1.28. The SMILES string of the molecule is CCCNc1nc2c(C)c(Cl)ccc2cc1C(C)(C)C. The zero-order chi connectivity index (χ0) is 14.9. The monoisotopic (exact) mass is 290 g/mol. The molecular formula is C17H23ClN2. The number of hydrogen-bond donors (Lipinski definition) is 1. The molecule has 0 saturated heterocycles. The lowest BCUT2D eigenvalue weighted by Gasteiger charge is -2.23. The van der Waals surface area contributed by atoms with Gasteiger partial charge in [0.15, 0.2) is 0 Å². The molecule has 1 N–H and O–H groups in total. The summed E-state index contributed by atoms with van der Waals surface area (Å²) in [6.45, 7) is 11.8. The molecule has 0 spiro atoms. The van der Waals surface area contributed by atoms with Gasteiger partial charge in [-0.3, -0.25) is 0 Å². The third kappa shape index (κ3) is 2.90. The van der Waals surface area contributed by atoms with Crippen molar-refractivity contribution in [2.45, 2.75) is 46.5 Å². The Labute approximate surface area is 126 Å². The van der Waals surface area contributed by atoms with E-state index in [0.29, 0.717) is 0 Å². The molecule has 2 nitrogen and oxygen atoms in total. The van der Waals surface area contributed by atoms with Gasteiger partial charge in [-0.05, 0) is 36.5 Å². The first-order valence-electron chi connectivity index (χ1n) is 7.18. The highest BCUT2D eigenvalue weighted by molar-refractivity contribution is 6.32. The van der Waals surface area contributed by atoms with Gasteiger partial charge in [-0.1, -0.05) is 45.4 Å². The van der Waals surface area contributed by atoms with Gasteiger partial charge in [0, 0.05) is 22.5 Å². The second kappa shape index (κ2) is 5.61. The molecule has 108 valence electrons. The molecule has 0 bridgehead atoms. The standard InChI is InChI=1S/C17H23ClN2/c1-6-9-19-16-13(17(3,4)5)10-12-7-8-14(18)11(2)15(12)20-16/h7-8,10H,6,9H2,1-5H3,(H,19,20). The summed E-state index contributed by atoms with van der Waals surface area (Å²) in [6, 6.07) is 6.24. The Morgan fingerprint density at radius 3 is 2.55 bits per heavy atom. The Bertz CT molecular complexity index is 627. The second-order valence-corrected chi connectivity index (χ2v) is 6.71. The van der Waals surface area contributed by atoms with E-state index < -0.39 is 0 Å². The molecule has 0 unspecified atom stereocenters. The predicted molar refractivity (Wildman–Crippen MR) is 89.0 cm³/mol. The Balaban J connectivity index is 2.68. The number of nitrogens with one attached hydrogen (secondary N) is 1. The third-order valence-corrected chi connectivity index (χ3v) is 3.93. The van der Waals surface area contributed by atoms with Crippen LogP contribution in [-0.2, 0) is 5.41 Å². The van der Waals surface area contributed by atoms with E-state index >= 15 is 0 Å². The van der Waals surface area contributed by atoms with Crippen LogP contribution in [0.5, 0.6) is 0 Å². The van der Waals surface area contributed by atoms with Gasteiger partial charge in [-0.2, -0.15) is 0 Å². The smallest absolute Gasteiger partial charge is 0.130 e.